The molecule has 0 fully saturated rings. The Hall–Kier alpha value is -1.72. The molecule has 0 aliphatic carbocycles. The molecule has 268 valence electrons. The second-order valence-corrected chi connectivity index (χ2v) is 13.4. The molecular weight excluding hydrogens is 576 g/mol. The van der Waals surface area contributed by atoms with Crippen LogP contribution in [-0.2, 0) is 28.4 Å². The zero-order valence-electron chi connectivity index (χ0n) is 32.8. The Balaban J connectivity index is 0. The van der Waals surface area contributed by atoms with Crippen LogP contribution in [0.3, 0.4) is 0 Å². The molecule has 1 rings (SSSR count). The Labute approximate surface area is 285 Å². The summed E-state index contributed by atoms with van der Waals surface area (Å²) in [7, 11) is 0. The van der Waals surface area contributed by atoms with E-state index < -0.39 is 0 Å². The Kier molecular flexibility index (Phi) is 26.5. The highest BCUT2D eigenvalue weighted by molar-refractivity contribution is 5.25. The van der Waals surface area contributed by atoms with Crippen LogP contribution in [0, 0.1) is 11.8 Å². The molecule has 6 nitrogen and oxygen atoms in total. The van der Waals surface area contributed by atoms with Crippen LogP contribution in [0.25, 0.3) is 0 Å². The van der Waals surface area contributed by atoms with Crippen molar-refractivity contribution < 1.29 is 28.4 Å². The van der Waals surface area contributed by atoms with Gasteiger partial charge in [-0.25, -0.2) is 0 Å². The van der Waals surface area contributed by atoms with Gasteiger partial charge in [0.1, 0.15) is 12.2 Å². The normalized spacial score (nSPS) is 15.7. The van der Waals surface area contributed by atoms with Gasteiger partial charge in [0.2, 0.25) is 0 Å². The molecule has 0 aromatic heterocycles. The molecule has 0 spiro atoms. The summed E-state index contributed by atoms with van der Waals surface area (Å²) in [5, 5.41) is 0. The van der Waals surface area contributed by atoms with Crippen LogP contribution in [0.4, 0.5) is 0 Å². The smallest absolute Gasteiger partial charge is 0.115 e. The van der Waals surface area contributed by atoms with E-state index in [4.69, 9.17) is 28.4 Å². The van der Waals surface area contributed by atoms with Crippen molar-refractivity contribution in [2.24, 2.45) is 0 Å². The average molecular weight is 649 g/mol. The highest BCUT2D eigenvalue weighted by atomic mass is 16.5. The van der Waals surface area contributed by atoms with Gasteiger partial charge in [-0.2, -0.15) is 0 Å². The lowest BCUT2D eigenvalue weighted by Gasteiger charge is -2.19. The summed E-state index contributed by atoms with van der Waals surface area (Å²) in [6.07, 6.45) is 6.16. The topological polar surface area (TPSA) is 55.4 Å². The van der Waals surface area contributed by atoms with Gasteiger partial charge in [0.15, 0.2) is 0 Å². The van der Waals surface area contributed by atoms with E-state index in [1.165, 1.54) is 11.1 Å². The molecule has 0 aliphatic rings. The zero-order chi connectivity index (χ0) is 36.0. The first kappa shape index (κ1) is 46.4. The lowest BCUT2D eigenvalue weighted by atomic mass is 10.0. The van der Waals surface area contributed by atoms with Gasteiger partial charge in [0.25, 0.3) is 0 Å². The van der Waals surface area contributed by atoms with Gasteiger partial charge in [-0.15, -0.1) is 0 Å². The summed E-state index contributed by atoms with van der Waals surface area (Å²) in [5.74, 6) is 6.04. The van der Waals surface area contributed by atoms with E-state index in [-0.39, 0.29) is 73.2 Å². The standard InChI is InChI=1S/C16H26O2.C12H24O2.C12H22O2/c1-11(2)17-13(5)15-7-9-16(10-8-15)14(6)18-12(3)4;2*1-9(2)13-11(5)7-8-12(6)14-10(3)4/h7-14H,1-6H3;7-12H,1-6H3;9-12H,1-6H3/b;8-7+;. The van der Waals surface area contributed by atoms with Gasteiger partial charge in [-0.05, 0) is 136 Å². The third-order valence-corrected chi connectivity index (χ3v) is 5.90. The van der Waals surface area contributed by atoms with Gasteiger partial charge in [-0.1, -0.05) is 48.3 Å². The van der Waals surface area contributed by atoms with Gasteiger partial charge in [-0.3, -0.25) is 0 Å². The molecular formula is C40H72O6. The fraction of sp³-hybridized carbons (Fsp3) is 0.750. The molecule has 0 saturated heterocycles. The fourth-order valence-corrected chi connectivity index (χ4v) is 4.39. The van der Waals surface area contributed by atoms with Crippen LogP contribution >= 0.6 is 0 Å². The predicted octanol–water partition coefficient (Wildman–Crippen LogP) is 10.4. The van der Waals surface area contributed by atoms with E-state index in [2.05, 4.69) is 77.6 Å². The monoisotopic (exact) mass is 649 g/mol. The first-order valence-corrected chi connectivity index (χ1v) is 17.4. The maximum absolute atomic E-state index is 5.77. The fourth-order valence-electron chi connectivity index (χ4n) is 4.39. The second-order valence-electron chi connectivity index (χ2n) is 13.4. The highest BCUT2D eigenvalue weighted by Crippen LogP contribution is 2.23. The average Bonchev–Trinajstić information content (AvgIpc) is 2.89. The van der Waals surface area contributed by atoms with Crippen molar-refractivity contribution >= 4 is 0 Å². The van der Waals surface area contributed by atoms with E-state index in [1.54, 1.807) is 0 Å². The van der Waals surface area contributed by atoms with Gasteiger partial charge in [0.05, 0.1) is 61.0 Å². The molecule has 0 radical (unpaired) electrons. The molecule has 0 N–H and O–H groups in total. The lowest BCUT2D eigenvalue weighted by Crippen LogP contribution is -2.15. The van der Waals surface area contributed by atoms with Crippen LogP contribution in [-0.4, -0.2) is 61.0 Å². The van der Waals surface area contributed by atoms with E-state index in [0.29, 0.717) is 0 Å². The minimum Gasteiger partial charge on any atom is -0.372 e. The minimum absolute atomic E-state index is 0.0202. The number of benzene rings is 1. The minimum atomic E-state index is -0.0202. The van der Waals surface area contributed by atoms with Crippen molar-refractivity contribution in [3.63, 3.8) is 0 Å². The van der Waals surface area contributed by atoms with E-state index in [1.807, 2.05) is 95.2 Å². The molecule has 0 saturated carbocycles. The third-order valence-electron chi connectivity index (χ3n) is 5.90. The second kappa shape index (κ2) is 26.3. The van der Waals surface area contributed by atoms with Crippen LogP contribution < -0.4 is 0 Å². The molecule has 6 heteroatoms. The summed E-state index contributed by atoms with van der Waals surface area (Å²) in [4.78, 5) is 0. The third kappa shape index (κ3) is 28.5. The molecule has 1 aromatic carbocycles. The van der Waals surface area contributed by atoms with Crippen LogP contribution in [0.2, 0.25) is 0 Å². The summed E-state index contributed by atoms with van der Waals surface area (Å²) >= 11 is 0. The van der Waals surface area contributed by atoms with Crippen LogP contribution in [0.15, 0.2) is 36.4 Å². The first-order chi connectivity index (χ1) is 21.2. The predicted molar refractivity (Wildman–Crippen MR) is 195 cm³/mol. The Morgan fingerprint density at radius 1 is 0.370 bits per heavy atom. The van der Waals surface area contributed by atoms with Crippen molar-refractivity contribution in [2.75, 3.05) is 0 Å². The summed E-state index contributed by atoms with van der Waals surface area (Å²) in [5.41, 5.74) is 2.42. The number of hydrogen-bond acceptors (Lipinski definition) is 6. The maximum atomic E-state index is 5.77. The zero-order valence-corrected chi connectivity index (χ0v) is 32.8. The molecule has 0 amide bonds. The summed E-state index contributed by atoms with van der Waals surface area (Å²) in [6, 6.07) is 8.51. The Bertz CT molecular complexity index is 866. The van der Waals surface area contributed by atoms with E-state index in [0.717, 1.165) is 0 Å². The van der Waals surface area contributed by atoms with Gasteiger partial charge < -0.3 is 28.4 Å². The van der Waals surface area contributed by atoms with Crippen molar-refractivity contribution in [1.29, 1.82) is 0 Å². The van der Waals surface area contributed by atoms with Crippen molar-refractivity contribution in [1.82, 2.24) is 0 Å². The highest BCUT2D eigenvalue weighted by Gasteiger charge is 2.11. The largest absolute Gasteiger partial charge is 0.372 e. The van der Waals surface area contributed by atoms with Gasteiger partial charge >= 0.3 is 0 Å². The number of rotatable bonds is 16. The SMILES string of the molecule is CC(C)OC(C)/C=C/C(C)OC(C)C.CC(C)OC(C)C#CC(C)OC(C)C.CC(C)OC(C)c1ccc(C(C)OC(C)C)cc1. The first-order valence-electron chi connectivity index (χ1n) is 17.4. The molecule has 6 atom stereocenters. The molecule has 0 aliphatic heterocycles. The molecule has 46 heavy (non-hydrogen) atoms. The Morgan fingerprint density at radius 3 is 0.826 bits per heavy atom. The van der Waals surface area contributed by atoms with Gasteiger partial charge in [0, 0.05) is 0 Å². The summed E-state index contributed by atoms with van der Waals surface area (Å²) < 4.78 is 33.6. The van der Waals surface area contributed by atoms with Crippen molar-refractivity contribution in [3.8, 4) is 11.8 Å². The molecule has 0 bridgehead atoms. The maximum Gasteiger partial charge on any atom is 0.115 e. The van der Waals surface area contributed by atoms with E-state index >= 15 is 0 Å². The van der Waals surface area contributed by atoms with Crippen LogP contribution in [0.1, 0.15) is 148 Å². The lowest BCUT2D eigenvalue weighted by molar-refractivity contribution is 0.0157. The number of hydrogen-bond donors (Lipinski definition) is 0. The van der Waals surface area contributed by atoms with Crippen LogP contribution in [0.5, 0.6) is 0 Å². The molecule has 1 aromatic rings. The van der Waals surface area contributed by atoms with Crippen molar-refractivity contribution in [2.45, 2.75) is 198 Å². The Morgan fingerprint density at radius 2 is 0.609 bits per heavy atom. The quantitative estimate of drug-likeness (QED) is 0.131. The number of ether oxygens (including phenoxy) is 6. The molecule has 0 heterocycles. The van der Waals surface area contributed by atoms with E-state index in [9.17, 15) is 0 Å². The summed E-state index contributed by atoms with van der Waals surface area (Å²) in [6.45, 7) is 36.6. The van der Waals surface area contributed by atoms with Crippen molar-refractivity contribution in [3.05, 3.63) is 47.5 Å². The molecule has 6 unspecified atom stereocenters.